The molecular formula is C18H24N2. The molecule has 0 aliphatic heterocycles. The third-order valence-electron chi connectivity index (χ3n) is 3.44. The quantitative estimate of drug-likeness (QED) is 0.735. The van der Waals surface area contributed by atoms with Crippen molar-refractivity contribution >= 4 is 5.69 Å². The lowest BCUT2D eigenvalue weighted by Gasteiger charge is -2.16. The average Bonchev–Trinajstić information content (AvgIpc) is 2.52. The van der Waals surface area contributed by atoms with Crippen LogP contribution in [-0.2, 0) is 6.42 Å². The van der Waals surface area contributed by atoms with E-state index in [2.05, 4.69) is 71.9 Å². The van der Waals surface area contributed by atoms with Gasteiger partial charge in [-0.05, 0) is 44.1 Å². The molecule has 0 aliphatic carbocycles. The zero-order chi connectivity index (χ0) is 14.0. The summed E-state index contributed by atoms with van der Waals surface area (Å²) in [6.07, 6.45) is 2.30. The molecule has 0 atom stereocenters. The molecule has 0 saturated heterocycles. The number of nitrogens with one attached hydrogen (secondary N) is 1. The van der Waals surface area contributed by atoms with Gasteiger partial charge in [0.15, 0.2) is 0 Å². The summed E-state index contributed by atoms with van der Waals surface area (Å²) < 4.78 is 0. The van der Waals surface area contributed by atoms with Gasteiger partial charge in [0.05, 0.1) is 0 Å². The fourth-order valence-corrected chi connectivity index (χ4v) is 2.21. The van der Waals surface area contributed by atoms with Crippen LogP contribution in [0.2, 0.25) is 0 Å². The summed E-state index contributed by atoms with van der Waals surface area (Å²) in [7, 11) is 2.20. The molecule has 1 N–H and O–H groups in total. The summed E-state index contributed by atoms with van der Waals surface area (Å²) in [5.74, 6) is 0. The lowest BCUT2D eigenvalue weighted by atomic mass is 10.1. The van der Waals surface area contributed by atoms with E-state index in [1.165, 1.54) is 17.7 Å². The first kappa shape index (κ1) is 14.6. The zero-order valence-electron chi connectivity index (χ0n) is 12.3. The number of hydrogen-bond acceptors (Lipinski definition) is 2. The monoisotopic (exact) mass is 268 g/mol. The van der Waals surface area contributed by atoms with E-state index in [-0.39, 0.29) is 0 Å². The maximum atomic E-state index is 3.45. The number of likely N-dealkylation sites (N-methyl/N-ethyl adjacent to an activating group) is 1. The van der Waals surface area contributed by atoms with Crippen molar-refractivity contribution in [2.45, 2.75) is 12.8 Å². The van der Waals surface area contributed by atoms with Crippen LogP contribution in [0.1, 0.15) is 12.0 Å². The van der Waals surface area contributed by atoms with Crippen molar-refractivity contribution in [3.8, 4) is 0 Å². The highest BCUT2D eigenvalue weighted by atomic mass is 15.1. The van der Waals surface area contributed by atoms with E-state index in [1.807, 2.05) is 6.07 Å². The van der Waals surface area contributed by atoms with Gasteiger partial charge in [-0.1, -0.05) is 48.5 Å². The average molecular weight is 268 g/mol. The SMILES string of the molecule is CN(CCCNc1ccccc1)CCc1ccccc1. The summed E-state index contributed by atoms with van der Waals surface area (Å²) in [4.78, 5) is 2.40. The fourth-order valence-electron chi connectivity index (χ4n) is 2.21. The van der Waals surface area contributed by atoms with E-state index in [0.717, 1.165) is 26.1 Å². The molecule has 2 aromatic carbocycles. The fraction of sp³-hybridized carbons (Fsp3) is 0.333. The van der Waals surface area contributed by atoms with Gasteiger partial charge in [0.2, 0.25) is 0 Å². The third kappa shape index (κ3) is 5.45. The molecule has 2 heteroatoms. The van der Waals surface area contributed by atoms with Crippen molar-refractivity contribution in [3.05, 3.63) is 66.2 Å². The molecule has 0 radical (unpaired) electrons. The van der Waals surface area contributed by atoms with E-state index in [1.54, 1.807) is 0 Å². The highest BCUT2D eigenvalue weighted by Crippen LogP contribution is 2.05. The van der Waals surface area contributed by atoms with Crippen molar-refractivity contribution in [3.63, 3.8) is 0 Å². The molecule has 0 unspecified atom stereocenters. The minimum absolute atomic E-state index is 1.03. The Labute approximate surface area is 122 Å². The van der Waals surface area contributed by atoms with Crippen LogP contribution in [0.4, 0.5) is 5.69 Å². The van der Waals surface area contributed by atoms with Crippen LogP contribution in [0.5, 0.6) is 0 Å². The predicted molar refractivity (Wildman–Crippen MR) is 87.2 cm³/mol. The van der Waals surface area contributed by atoms with Crippen molar-refractivity contribution in [1.82, 2.24) is 4.90 Å². The van der Waals surface area contributed by atoms with E-state index < -0.39 is 0 Å². The maximum Gasteiger partial charge on any atom is 0.0340 e. The second kappa shape index (κ2) is 8.39. The van der Waals surface area contributed by atoms with Gasteiger partial charge in [0.25, 0.3) is 0 Å². The van der Waals surface area contributed by atoms with Gasteiger partial charge in [-0.3, -0.25) is 0 Å². The van der Waals surface area contributed by atoms with Crippen molar-refractivity contribution in [1.29, 1.82) is 0 Å². The molecular weight excluding hydrogens is 244 g/mol. The second-order valence-electron chi connectivity index (χ2n) is 5.19. The molecule has 0 amide bonds. The highest BCUT2D eigenvalue weighted by molar-refractivity contribution is 5.42. The smallest absolute Gasteiger partial charge is 0.0340 e. The molecule has 20 heavy (non-hydrogen) atoms. The Hall–Kier alpha value is -1.80. The second-order valence-corrected chi connectivity index (χ2v) is 5.19. The van der Waals surface area contributed by atoms with E-state index in [4.69, 9.17) is 0 Å². The van der Waals surface area contributed by atoms with E-state index in [9.17, 15) is 0 Å². The van der Waals surface area contributed by atoms with Crippen molar-refractivity contribution < 1.29 is 0 Å². The van der Waals surface area contributed by atoms with Crippen LogP contribution in [0.15, 0.2) is 60.7 Å². The third-order valence-corrected chi connectivity index (χ3v) is 3.44. The number of benzene rings is 2. The summed E-state index contributed by atoms with van der Waals surface area (Å²) in [5.41, 5.74) is 2.63. The predicted octanol–water partition coefficient (Wildman–Crippen LogP) is 3.66. The molecule has 0 spiro atoms. The molecule has 2 nitrogen and oxygen atoms in total. The van der Waals surface area contributed by atoms with Crippen LogP contribution in [0.3, 0.4) is 0 Å². The Morgan fingerprint density at radius 1 is 0.850 bits per heavy atom. The first-order chi connectivity index (χ1) is 9.84. The van der Waals surface area contributed by atoms with Crippen LogP contribution < -0.4 is 5.32 Å². The van der Waals surface area contributed by atoms with E-state index >= 15 is 0 Å². The summed E-state index contributed by atoms with van der Waals surface area (Å²) in [6.45, 7) is 3.28. The Morgan fingerprint density at radius 2 is 1.50 bits per heavy atom. The van der Waals surface area contributed by atoms with E-state index in [0.29, 0.717) is 0 Å². The minimum atomic E-state index is 1.03. The topological polar surface area (TPSA) is 15.3 Å². The van der Waals surface area contributed by atoms with Gasteiger partial charge < -0.3 is 10.2 Å². The van der Waals surface area contributed by atoms with Gasteiger partial charge in [0.1, 0.15) is 0 Å². The number of para-hydroxylation sites is 1. The van der Waals surface area contributed by atoms with Gasteiger partial charge in [-0.15, -0.1) is 0 Å². The first-order valence-corrected chi connectivity index (χ1v) is 7.36. The number of nitrogens with zero attached hydrogens (tertiary/aromatic N) is 1. The summed E-state index contributed by atoms with van der Waals surface area (Å²) >= 11 is 0. The minimum Gasteiger partial charge on any atom is -0.385 e. The summed E-state index contributed by atoms with van der Waals surface area (Å²) in [5, 5.41) is 3.45. The number of rotatable bonds is 8. The van der Waals surface area contributed by atoms with Gasteiger partial charge in [0, 0.05) is 18.8 Å². The summed E-state index contributed by atoms with van der Waals surface area (Å²) in [6, 6.07) is 21.1. The van der Waals surface area contributed by atoms with Crippen molar-refractivity contribution in [2.24, 2.45) is 0 Å². The lowest BCUT2D eigenvalue weighted by Crippen LogP contribution is -2.24. The number of anilines is 1. The molecule has 0 aliphatic rings. The Balaban J connectivity index is 1.57. The van der Waals surface area contributed by atoms with Crippen LogP contribution >= 0.6 is 0 Å². The van der Waals surface area contributed by atoms with Crippen LogP contribution in [0, 0.1) is 0 Å². The molecule has 2 rings (SSSR count). The van der Waals surface area contributed by atoms with Crippen molar-refractivity contribution in [2.75, 3.05) is 32.0 Å². The van der Waals surface area contributed by atoms with Crippen LogP contribution in [-0.4, -0.2) is 31.6 Å². The van der Waals surface area contributed by atoms with Gasteiger partial charge in [-0.2, -0.15) is 0 Å². The Morgan fingerprint density at radius 3 is 2.20 bits per heavy atom. The molecule has 0 fully saturated rings. The normalized spacial score (nSPS) is 10.7. The molecule has 106 valence electrons. The Bertz CT molecular complexity index is 467. The Kier molecular flexibility index (Phi) is 6.12. The largest absolute Gasteiger partial charge is 0.385 e. The molecule has 0 bridgehead atoms. The standard InChI is InChI=1S/C18H24N2/c1-20(16-13-17-9-4-2-5-10-17)15-8-14-19-18-11-6-3-7-12-18/h2-7,9-12,19H,8,13-16H2,1H3. The zero-order valence-corrected chi connectivity index (χ0v) is 12.3. The first-order valence-electron chi connectivity index (χ1n) is 7.36. The van der Waals surface area contributed by atoms with Crippen LogP contribution in [0.25, 0.3) is 0 Å². The molecule has 0 saturated carbocycles. The van der Waals surface area contributed by atoms with Gasteiger partial charge in [-0.25, -0.2) is 0 Å². The highest BCUT2D eigenvalue weighted by Gasteiger charge is 1.99. The molecule has 0 aromatic heterocycles. The molecule has 2 aromatic rings. The maximum absolute atomic E-state index is 3.45. The number of hydrogen-bond donors (Lipinski definition) is 1. The molecule has 0 heterocycles. The van der Waals surface area contributed by atoms with Gasteiger partial charge >= 0.3 is 0 Å². The lowest BCUT2D eigenvalue weighted by molar-refractivity contribution is 0.337.